The third-order valence-electron chi connectivity index (χ3n) is 4.59. The summed E-state index contributed by atoms with van der Waals surface area (Å²) in [6.45, 7) is 3.09. The molecule has 1 aliphatic carbocycles. The van der Waals surface area contributed by atoms with E-state index in [2.05, 4.69) is 11.8 Å². The quantitative estimate of drug-likeness (QED) is 0.839. The zero-order valence-corrected chi connectivity index (χ0v) is 11.5. The number of ether oxygens (including phenoxy) is 1. The van der Waals surface area contributed by atoms with Crippen molar-refractivity contribution in [1.82, 2.24) is 4.90 Å². The lowest BCUT2D eigenvalue weighted by atomic mass is 9.86. The van der Waals surface area contributed by atoms with Crippen LogP contribution in [0.3, 0.4) is 0 Å². The predicted molar refractivity (Wildman–Crippen MR) is 69.6 cm³/mol. The summed E-state index contributed by atoms with van der Waals surface area (Å²) in [7, 11) is 1.76. The molecule has 2 fully saturated rings. The maximum atomic E-state index is 11.4. The van der Waals surface area contributed by atoms with Gasteiger partial charge >= 0.3 is 5.97 Å². The molecule has 4 atom stereocenters. The first kappa shape index (κ1) is 13.8. The van der Waals surface area contributed by atoms with Crippen LogP contribution in [0.15, 0.2) is 0 Å². The Bertz CT molecular complexity index is 295. The van der Waals surface area contributed by atoms with Crippen molar-refractivity contribution in [3.05, 3.63) is 0 Å². The number of piperidine rings is 1. The van der Waals surface area contributed by atoms with E-state index in [4.69, 9.17) is 4.74 Å². The third-order valence-corrected chi connectivity index (χ3v) is 4.59. The number of rotatable bonds is 3. The van der Waals surface area contributed by atoms with Crippen LogP contribution >= 0.6 is 0 Å². The summed E-state index contributed by atoms with van der Waals surface area (Å²) in [6.07, 6.45) is 6.63. The molecule has 4 heteroatoms. The number of carboxylic acids is 1. The van der Waals surface area contributed by atoms with Gasteiger partial charge in [0.2, 0.25) is 0 Å². The molecule has 0 radical (unpaired) electrons. The highest BCUT2D eigenvalue weighted by atomic mass is 16.5. The SMILES string of the molecule is COC1CCCC(N2CCC(C)CC2C(=O)O)C1. The van der Waals surface area contributed by atoms with Gasteiger partial charge in [0, 0.05) is 13.2 Å². The lowest BCUT2D eigenvalue weighted by molar-refractivity contribution is -0.147. The van der Waals surface area contributed by atoms with Crippen molar-refractivity contribution >= 4 is 5.97 Å². The maximum Gasteiger partial charge on any atom is 0.320 e. The Morgan fingerprint density at radius 2 is 2.06 bits per heavy atom. The Kier molecular flexibility index (Phi) is 4.62. The number of methoxy groups -OCH3 is 1. The summed E-state index contributed by atoms with van der Waals surface area (Å²) >= 11 is 0. The third kappa shape index (κ3) is 3.04. The Morgan fingerprint density at radius 1 is 1.28 bits per heavy atom. The van der Waals surface area contributed by atoms with E-state index in [-0.39, 0.29) is 6.04 Å². The minimum absolute atomic E-state index is 0.283. The first-order valence-corrected chi connectivity index (χ1v) is 7.13. The molecule has 4 nitrogen and oxygen atoms in total. The molecule has 1 aliphatic heterocycles. The largest absolute Gasteiger partial charge is 0.480 e. The lowest BCUT2D eigenvalue weighted by Crippen LogP contribution is -2.53. The fourth-order valence-corrected chi connectivity index (χ4v) is 3.47. The summed E-state index contributed by atoms with van der Waals surface area (Å²) in [5.74, 6) is -0.120. The van der Waals surface area contributed by atoms with Gasteiger partial charge in [0.05, 0.1) is 6.10 Å². The van der Waals surface area contributed by atoms with Gasteiger partial charge in [-0.1, -0.05) is 6.92 Å². The van der Waals surface area contributed by atoms with Crippen molar-refractivity contribution < 1.29 is 14.6 Å². The molecule has 2 aliphatic rings. The minimum Gasteiger partial charge on any atom is -0.480 e. The van der Waals surface area contributed by atoms with Crippen molar-refractivity contribution in [3.8, 4) is 0 Å². The van der Waals surface area contributed by atoms with Crippen LogP contribution in [-0.4, -0.2) is 47.8 Å². The molecular weight excluding hydrogens is 230 g/mol. The minimum atomic E-state index is -0.652. The molecule has 0 aromatic rings. The number of hydrogen-bond donors (Lipinski definition) is 1. The fraction of sp³-hybridized carbons (Fsp3) is 0.929. The molecule has 104 valence electrons. The molecule has 2 rings (SSSR count). The molecule has 1 heterocycles. The smallest absolute Gasteiger partial charge is 0.320 e. The van der Waals surface area contributed by atoms with Crippen LogP contribution in [0.2, 0.25) is 0 Å². The number of likely N-dealkylation sites (tertiary alicyclic amines) is 1. The summed E-state index contributed by atoms with van der Waals surface area (Å²) in [5.41, 5.74) is 0. The molecule has 0 spiro atoms. The highest BCUT2D eigenvalue weighted by Gasteiger charge is 2.37. The van der Waals surface area contributed by atoms with Gasteiger partial charge in [0.15, 0.2) is 0 Å². The molecule has 4 unspecified atom stereocenters. The highest BCUT2D eigenvalue weighted by molar-refractivity contribution is 5.73. The molecule has 1 saturated carbocycles. The van der Waals surface area contributed by atoms with Crippen LogP contribution in [-0.2, 0) is 9.53 Å². The predicted octanol–water partition coefficient (Wildman–Crippen LogP) is 2.13. The van der Waals surface area contributed by atoms with Gasteiger partial charge in [-0.25, -0.2) is 0 Å². The second-order valence-electron chi connectivity index (χ2n) is 5.90. The molecule has 0 bridgehead atoms. The first-order chi connectivity index (χ1) is 8.61. The fourth-order valence-electron chi connectivity index (χ4n) is 3.47. The van der Waals surface area contributed by atoms with E-state index in [9.17, 15) is 9.90 Å². The van der Waals surface area contributed by atoms with Crippen molar-refractivity contribution in [2.45, 2.75) is 63.6 Å². The van der Waals surface area contributed by atoms with Gasteiger partial charge in [-0.05, 0) is 51.0 Å². The standard InChI is InChI=1S/C14H25NO3/c1-10-6-7-15(13(8-10)14(16)17)11-4-3-5-12(9-11)18-2/h10-13H,3-9H2,1-2H3,(H,16,17). The lowest BCUT2D eigenvalue weighted by Gasteiger charge is -2.43. The van der Waals surface area contributed by atoms with E-state index in [1.54, 1.807) is 7.11 Å². The van der Waals surface area contributed by atoms with Crippen LogP contribution in [0.5, 0.6) is 0 Å². The summed E-state index contributed by atoms with van der Waals surface area (Å²) in [4.78, 5) is 13.7. The van der Waals surface area contributed by atoms with Crippen LogP contribution in [0.1, 0.15) is 45.4 Å². The van der Waals surface area contributed by atoms with Crippen LogP contribution in [0.4, 0.5) is 0 Å². The summed E-state index contributed by atoms with van der Waals surface area (Å²) in [6, 6.07) is 0.117. The number of nitrogens with zero attached hydrogens (tertiary/aromatic N) is 1. The van der Waals surface area contributed by atoms with Crippen molar-refractivity contribution in [2.75, 3.05) is 13.7 Å². The topological polar surface area (TPSA) is 49.8 Å². The molecule has 18 heavy (non-hydrogen) atoms. The molecule has 1 saturated heterocycles. The zero-order chi connectivity index (χ0) is 13.1. The Morgan fingerprint density at radius 3 is 2.72 bits per heavy atom. The average Bonchev–Trinajstić information content (AvgIpc) is 2.38. The molecule has 0 aromatic heterocycles. The second-order valence-corrected chi connectivity index (χ2v) is 5.90. The zero-order valence-electron chi connectivity index (χ0n) is 11.5. The monoisotopic (exact) mass is 255 g/mol. The van der Waals surface area contributed by atoms with E-state index in [0.29, 0.717) is 18.1 Å². The maximum absolute atomic E-state index is 11.4. The number of hydrogen-bond acceptors (Lipinski definition) is 3. The van der Waals surface area contributed by atoms with Crippen LogP contribution in [0.25, 0.3) is 0 Å². The normalized spacial score (nSPS) is 38.6. The number of aliphatic carboxylic acids is 1. The average molecular weight is 255 g/mol. The van der Waals surface area contributed by atoms with Crippen molar-refractivity contribution in [2.24, 2.45) is 5.92 Å². The Hall–Kier alpha value is -0.610. The van der Waals surface area contributed by atoms with E-state index in [1.165, 1.54) is 0 Å². The molecule has 0 aromatic carbocycles. The molecule has 1 N–H and O–H groups in total. The number of carboxylic acid groups (broad SMARTS) is 1. The van der Waals surface area contributed by atoms with Crippen molar-refractivity contribution in [3.63, 3.8) is 0 Å². The van der Waals surface area contributed by atoms with E-state index < -0.39 is 5.97 Å². The Labute approximate surface area is 109 Å². The van der Waals surface area contributed by atoms with E-state index in [0.717, 1.165) is 45.1 Å². The van der Waals surface area contributed by atoms with E-state index >= 15 is 0 Å². The van der Waals surface area contributed by atoms with Gasteiger partial charge in [-0.15, -0.1) is 0 Å². The van der Waals surface area contributed by atoms with Gasteiger partial charge in [-0.3, -0.25) is 9.69 Å². The van der Waals surface area contributed by atoms with Crippen LogP contribution < -0.4 is 0 Å². The first-order valence-electron chi connectivity index (χ1n) is 7.13. The number of carbonyl (C=O) groups is 1. The van der Waals surface area contributed by atoms with Gasteiger partial charge in [-0.2, -0.15) is 0 Å². The highest BCUT2D eigenvalue weighted by Crippen LogP contribution is 2.31. The summed E-state index contributed by atoms with van der Waals surface area (Å²) < 4.78 is 5.45. The second kappa shape index (κ2) is 6.02. The van der Waals surface area contributed by atoms with Gasteiger partial charge < -0.3 is 9.84 Å². The van der Waals surface area contributed by atoms with Crippen molar-refractivity contribution in [1.29, 1.82) is 0 Å². The van der Waals surface area contributed by atoms with Gasteiger partial charge in [0.25, 0.3) is 0 Å². The van der Waals surface area contributed by atoms with Gasteiger partial charge in [0.1, 0.15) is 6.04 Å². The molecular formula is C14H25NO3. The summed E-state index contributed by atoms with van der Waals surface area (Å²) in [5, 5.41) is 9.41. The van der Waals surface area contributed by atoms with Crippen LogP contribution in [0, 0.1) is 5.92 Å². The van der Waals surface area contributed by atoms with E-state index in [1.807, 2.05) is 0 Å². The Balaban J connectivity index is 2.02. The molecule has 0 amide bonds.